The molecule has 400 valence electrons. The fraction of sp³-hybridized carbons (Fsp3) is 0.0137. The molecule has 81 heavy (non-hydrogen) atoms. The van der Waals surface area contributed by atoms with Crippen LogP contribution in [0.15, 0.2) is 340 Å². The number of nitrogens with two attached hydrogens (primary N) is 1. The standard InChI is InChI=1S/C36H29N3.C30H23ClN2.C6H7N.CH4.FH/c1-6-16-29(17-7-1)37-30-26-35(38(31-18-8-2-9-19-31)32-20-10-3-11-21-32)28-36(27-30)39(33-22-12-4-13-23-33)34-24-14-5-15-25-34;31-24-21-29(32(25-13-5-1-6-14-25)26-15-7-2-8-16-26)23-30(22-24)33(27-17-9-3-10-18-27)28-19-11-4-12-20-28;7-6-4-2-1-3-5-6;;/h1-28,37H;1-23H;1-5H,7H2;1H4;1H. The van der Waals surface area contributed by atoms with Crippen molar-refractivity contribution in [3.05, 3.63) is 345 Å². The van der Waals surface area contributed by atoms with Crippen molar-refractivity contribution in [3.8, 4) is 0 Å². The Hall–Kier alpha value is -10.3. The van der Waals surface area contributed by atoms with Crippen LogP contribution in [0.25, 0.3) is 0 Å². The number of nitrogen functional groups attached to an aromatic ring is 1. The largest absolute Gasteiger partial charge is 0.399 e. The highest BCUT2D eigenvalue weighted by Gasteiger charge is 2.20. The van der Waals surface area contributed by atoms with E-state index in [9.17, 15) is 0 Å². The molecule has 0 radical (unpaired) electrons. The molecule has 0 aliphatic rings. The SMILES string of the molecule is C.Clc1cc(N(c2ccccc2)c2ccccc2)cc(N(c2ccccc2)c2ccccc2)c1.F.Nc1ccccc1.c1ccc(Nc2cc(N(c3ccccc3)c3ccccc3)cc(N(c3ccccc3)c3ccccc3)c2)cc1. The van der Waals surface area contributed by atoms with Crippen molar-refractivity contribution in [2.45, 2.75) is 7.43 Å². The molecule has 0 spiro atoms. The van der Waals surface area contributed by atoms with Crippen molar-refractivity contribution in [1.29, 1.82) is 0 Å². The Morgan fingerprint density at radius 3 is 0.642 bits per heavy atom. The molecule has 0 amide bonds. The second-order valence-corrected chi connectivity index (χ2v) is 18.8. The van der Waals surface area contributed by atoms with E-state index >= 15 is 0 Å². The van der Waals surface area contributed by atoms with Crippen molar-refractivity contribution in [2.75, 3.05) is 30.7 Å². The maximum atomic E-state index is 6.73. The van der Waals surface area contributed by atoms with Crippen LogP contribution in [0, 0.1) is 0 Å². The Labute approximate surface area is 481 Å². The Bertz CT molecular complexity index is 3350. The number of hydrogen-bond donors (Lipinski definition) is 2. The van der Waals surface area contributed by atoms with Gasteiger partial charge in [0.05, 0.1) is 11.4 Å². The van der Waals surface area contributed by atoms with Crippen LogP contribution in [0.1, 0.15) is 7.43 Å². The number of benzene rings is 12. The van der Waals surface area contributed by atoms with Crippen LogP contribution in [0.3, 0.4) is 0 Å². The van der Waals surface area contributed by atoms with Crippen LogP contribution >= 0.6 is 11.6 Å². The Morgan fingerprint density at radius 1 is 0.235 bits per heavy atom. The molecule has 0 unspecified atom stereocenters. The Morgan fingerprint density at radius 2 is 0.432 bits per heavy atom. The van der Waals surface area contributed by atoms with Gasteiger partial charge < -0.3 is 30.7 Å². The van der Waals surface area contributed by atoms with Gasteiger partial charge in [0.1, 0.15) is 0 Å². The molecular weight excluding hydrogens is 1020 g/mol. The van der Waals surface area contributed by atoms with E-state index in [1.807, 2.05) is 84.9 Å². The molecule has 6 nitrogen and oxygen atoms in total. The minimum Gasteiger partial charge on any atom is -0.399 e. The van der Waals surface area contributed by atoms with Crippen LogP contribution < -0.4 is 30.7 Å². The second-order valence-electron chi connectivity index (χ2n) is 18.3. The maximum Gasteiger partial charge on any atom is 0.0503 e. The molecule has 0 atom stereocenters. The molecule has 0 heterocycles. The molecule has 0 fully saturated rings. The van der Waals surface area contributed by atoms with Crippen LogP contribution in [0.5, 0.6) is 0 Å². The molecule has 12 aromatic carbocycles. The van der Waals surface area contributed by atoms with E-state index in [1.54, 1.807) is 0 Å². The monoisotopic (exact) mass is 1080 g/mol. The summed E-state index contributed by atoms with van der Waals surface area (Å²) in [5, 5.41) is 4.32. The van der Waals surface area contributed by atoms with Crippen molar-refractivity contribution in [2.24, 2.45) is 0 Å². The second kappa shape index (κ2) is 28.9. The maximum absolute atomic E-state index is 6.73. The third-order valence-corrected chi connectivity index (χ3v) is 13.0. The molecule has 0 aromatic heterocycles. The lowest BCUT2D eigenvalue weighted by Crippen LogP contribution is -2.13. The predicted octanol–water partition coefficient (Wildman–Crippen LogP) is 21.7. The lowest BCUT2D eigenvalue weighted by Gasteiger charge is -2.30. The van der Waals surface area contributed by atoms with Crippen LogP contribution in [0.4, 0.5) is 90.0 Å². The first-order chi connectivity index (χ1) is 39.0. The molecule has 0 saturated carbocycles. The third-order valence-electron chi connectivity index (χ3n) is 12.8. The summed E-state index contributed by atoms with van der Waals surface area (Å²) in [7, 11) is 0. The van der Waals surface area contributed by atoms with E-state index in [0.29, 0.717) is 5.02 Å². The summed E-state index contributed by atoms with van der Waals surface area (Å²) in [6.07, 6.45) is 0. The number of hydrogen-bond acceptors (Lipinski definition) is 6. The summed E-state index contributed by atoms with van der Waals surface area (Å²) in [6.45, 7) is 0. The molecular formula is C73H64ClFN6. The summed E-state index contributed by atoms with van der Waals surface area (Å²) in [5.41, 5.74) is 21.0. The minimum absolute atomic E-state index is 0. The normalized spacial score (nSPS) is 10.1. The quantitative estimate of drug-likeness (QED) is 0.106. The van der Waals surface area contributed by atoms with Gasteiger partial charge in [-0.1, -0.05) is 201 Å². The lowest BCUT2D eigenvalue weighted by atomic mass is 10.1. The van der Waals surface area contributed by atoms with E-state index in [-0.39, 0.29) is 12.1 Å². The fourth-order valence-electron chi connectivity index (χ4n) is 9.29. The summed E-state index contributed by atoms with van der Waals surface area (Å²) in [6, 6.07) is 116. The Kier molecular flexibility index (Phi) is 20.3. The van der Waals surface area contributed by atoms with Gasteiger partial charge in [-0.05, 0) is 158 Å². The first-order valence-electron chi connectivity index (χ1n) is 26.2. The van der Waals surface area contributed by atoms with Gasteiger partial charge in [0, 0.05) is 79.0 Å². The highest BCUT2D eigenvalue weighted by Crippen LogP contribution is 2.44. The van der Waals surface area contributed by atoms with Crippen molar-refractivity contribution < 1.29 is 4.70 Å². The average Bonchev–Trinajstić information content (AvgIpc) is 3.57. The summed E-state index contributed by atoms with van der Waals surface area (Å²) >= 11 is 6.73. The number of para-hydroxylation sites is 10. The molecule has 12 aromatic rings. The van der Waals surface area contributed by atoms with Crippen molar-refractivity contribution in [3.63, 3.8) is 0 Å². The van der Waals surface area contributed by atoms with E-state index < -0.39 is 0 Å². The van der Waals surface area contributed by atoms with Crippen LogP contribution in [-0.2, 0) is 0 Å². The van der Waals surface area contributed by atoms with E-state index in [1.165, 1.54) is 0 Å². The number of halogens is 2. The smallest absolute Gasteiger partial charge is 0.0503 e. The minimum atomic E-state index is 0. The highest BCUT2D eigenvalue weighted by atomic mass is 35.5. The van der Waals surface area contributed by atoms with Gasteiger partial charge in [0.25, 0.3) is 0 Å². The molecule has 12 rings (SSSR count). The van der Waals surface area contributed by atoms with Gasteiger partial charge in [-0.3, -0.25) is 4.70 Å². The molecule has 8 heteroatoms. The predicted molar refractivity (Wildman–Crippen MR) is 346 cm³/mol. The summed E-state index contributed by atoms with van der Waals surface area (Å²) in [4.78, 5) is 9.05. The third kappa shape index (κ3) is 15.0. The number of rotatable bonds is 14. The highest BCUT2D eigenvalue weighted by molar-refractivity contribution is 6.31. The molecule has 0 aliphatic heterocycles. The van der Waals surface area contributed by atoms with Crippen molar-refractivity contribution in [1.82, 2.24) is 0 Å². The topological polar surface area (TPSA) is 51.0 Å². The lowest BCUT2D eigenvalue weighted by molar-refractivity contribution is 1.11. The summed E-state index contributed by atoms with van der Waals surface area (Å²) in [5.74, 6) is 0. The molecule has 3 N–H and O–H groups in total. The average molecular weight is 1080 g/mol. The zero-order chi connectivity index (χ0) is 53.9. The van der Waals surface area contributed by atoms with Gasteiger partial charge in [-0.25, -0.2) is 0 Å². The summed E-state index contributed by atoms with van der Waals surface area (Å²) < 4.78 is 0. The van der Waals surface area contributed by atoms with Crippen LogP contribution in [0.2, 0.25) is 5.02 Å². The van der Waals surface area contributed by atoms with Gasteiger partial charge >= 0.3 is 0 Å². The first-order valence-corrected chi connectivity index (χ1v) is 26.6. The molecule has 0 saturated heterocycles. The molecule has 0 bridgehead atoms. The first kappa shape index (κ1) is 56.9. The zero-order valence-electron chi connectivity index (χ0n) is 44.0. The van der Waals surface area contributed by atoms with Gasteiger partial charge in [-0.15, -0.1) is 0 Å². The van der Waals surface area contributed by atoms with Crippen molar-refractivity contribution >= 4 is 96.9 Å². The van der Waals surface area contributed by atoms with E-state index in [2.05, 4.69) is 280 Å². The number of nitrogens with one attached hydrogen (secondary N) is 1. The van der Waals surface area contributed by atoms with Gasteiger partial charge in [0.15, 0.2) is 0 Å². The van der Waals surface area contributed by atoms with Gasteiger partial charge in [-0.2, -0.15) is 0 Å². The number of anilines is 15. The van der Waals surface area contributed by atoms with E-state index in [4.69, 9.17) is 17.3 Å². The van der Waals surface area contributed by atoms with Gasteiger partial charge in [0.2, 0.25) is 0 Å². The number of nitrogens with zero attached hydrogens (tertiary/aromatic N) is 4. The van der Waals surface area contributed by atoms with Crippen LogP contribution in [-0.4, -0.2) is 0 Å². The Balaban J connectivity index is 0.000000187. The fourth-order valence-corrected chi connectivity index (χ4v) is 9.51. The molecule has 0 aliphatic carbocycles. The zero-order valence-corrected chi connectivity index (χ0v) is 44.7. The van der Waals surface area contributed by atoms with E-state index in [0.717, 1.165) is 85.3 Å².